The van der Waals surface area contributed by atoms with Gasteiger partial charge in [-0.1, -0.05) is 15.9 Å². The zero-order valence-corrected chi connectivity index (χ0v) is 12.1. The second kappa shape index (κ2) is 5.40. The molecule has 0 heterocycles. The summed E-state index contributed by atoms with van der Waals surface area (Å²) in [5.74, 6) is 0.352. The lowest BCUT2D eigenvalue weighted by Crippen LogP contribution is -2.22. The van der Waals surface area contributed by atoms with Crippen molar-refractivity contribution >= 4 is 27.5 Å². The van der Waals surface area contributed by atoms with Gasteiger partial charge in [0.25, 0.3) is 0 Å². The number of hydrogen-bond donors (Lipinski definition) is 2. The molecule has 0 aliphatic carbocycles. The van der Waals surface area contributed by atoms with Crippen LogP contribution in [0.5, 0.6) is 5.75 Å². The Morgan fingerprint density at radius 1 is 1.29 bits per heavy atom. The van der Waals surface area contributed by atoms with E-state index >= 15 is 0 Å². The average molecular weight is 301 g/mol. The third kappa shape index (κ3) is 2.72. The summed E-state index contributed by atoms with van der Waals surface area (Å²) in [6.45, 7) is 6.05. The Balaban J connectivity index is 3.31. The number of rotatable bonds is 4. The molecule has 17 heavy (non-hydrogen) atoms. The van der Waals surface area contributed by atoms with Crippen LogP contribution in [0, 0.1) is 20.8 Å². The Labute approximate surface area is 110 Å². The van der Waals surface area contributed by atoms with Crippen LogP contribution in [0.1, 0.15) is 16.7 Å². The highest BCUT2D eigenvalue weighted by atomic mass is 79.9. The van der Waals surface area contributed by atoms with Gasteiger partial charge in [0.1, 0.15) is 5.75 Å². The number of amides is 1. The van der Waals surface area contributed by atoms with Gasteiger partial charge in [-0.3, -0.25) is 4.79 Å². The predicted octanol–water partition coefficient (Wildman–Crippen LogP) is 2.28. The molecule has 0 radical (unpaired) electrons. The van der Waals surface area contributed by atoms with Crippen LogP contribution in [-0.2, 0) is 4.79 Å². The van der Waals surface area contributed by atoms with E-state index in [1.54, 1.807) is 7.11 Å². The number of benzene rings is 1. The van der Waals surface area contributed by atoms with E-state index in [1.807, 2.05) is 20.8 Å². The third-order valence-electron chi connectivity index (χ3n) is 2.81. The van der Waals surface area contributed by atoms with Crippen molar-refractivity contribution in [3.05, 3.63) is 21.2 Å². The van der Waals surface area contributed by atoms with Crippen molar-refractivity contribution in [3.8, 4) is 5.75 Å². The van der Waals surface area contributed by atoms with Crippen LogP contribution in [-0.4, -0.2) is 19.6 Å². The van der Waals surface area contributed by atoms with Gasteiger partial charge in [-0.2, -0.15) is 0 Å². The van der Waals surface area contributed by atoms with Gasteiger partial charge in [-0.05, 0) is 37.5 Å². The molecule has 1 aromatic rings. The standard InChI is InChI=1S/C12H17BrN2O2/c1-6-7(2)12(17-4)11(8(3)10(6)13)15-5-9(14)16/h15H,5H2,1-4H3,(H2,14,16). The largest absolute Gasteiger partial charge is 0.494 e. The molecule has 0 aromatic heterocycles. The fourth-order valence-electron chi connectivity index (χ4n) is 1.73. The maximum absolute atomic E-state index is 10.8. The zero-order chi connectivity index (χ0) is 13.2. The average Bonchev–Trinajstić information content (AvgIpc) is 2.29. The van der Waals surface area contributed by atoms with E-state index in [0.717, 1.165) is 32.6 Å². The molecule has 4 nitrogen and oxygen atoms in total. The van der Waals surface area contributed by atoms with Crippen LogP contribution in [0.2, 0.25) is 0 Å². The molecule has 0 fully saturated rings. The van der Waals surface area contributed by atoms with Crippen LogP contribution in [0.25, 0.3) is 0 Å². The molecule has 0 saturated heterocycles. The Morgan fingerprint density at radius 2 is 1.88 bits per heavy atom. The molecule has 0 saturated carbocycles. The quantitative estimate of drug-likeness (QED) is 0.896. The van der Waals surface area contributed by atoms with Crippen LogP contribution in [0.4, 0.5) is 5.69 Å². The van der Waals surface area contributed by atoms with Crippen molar-refractivity contribution < 1.29 is 9.53 Å². The molecular weight excluding hydrogens is 284 g/mol. The number of carbonyl (C=O) groups is 1. The second-order valence-corrected chi connectivity index (χ2v) is 4.71. The van der Waals surface area contributed by atoms with Gasteiger partial charge in [-0.15, -0.1) is 0 Å². The zero-order valence-electron chi connectivity index (χ0n) is 10.5. The summed E-state index contributed by atoms with van der Waals surface area (Å²) in [5.41, 5.74) is 9.11. The number of primary amides is 1. The van der Waals surface area contributed by atoms with Crippen molar-refractivity contribution in [2.24, 2.45) is 5.73 Å². The first-order valence-corrected chi connectivity index (χ1v) is 6.04. The van der Waals surface area contributed by atoms with E-state index in [2.05, 4.69) is 21.2 Å². The highest BCUT2D eigenvalue weighted by Crippen LogP contribution is 2.39. The SMILES string of the molecule is COc1c(C)c(C)c(Br)c(C)c1NCC(N)=O. The minimum absolute atomic E-state index is 0.0894. The first-order valence-electron chi connectivity index (χ1n) is 5.25. The summed E-state index contributed by atoms with van der Waals surface area (Å²) in [5, 5.41) is 3.01. The molecule has 0 atom stereocenters. The van der Waals surface area contributed by atoms with Crippen molar-refractivity contribution in [1.82, 2.24) is 0 Å². The number of hydrogen-bond acceptors (Lipinski definition) is 3. The summed E-state index contributed by atoms with van der Waals surface area (Å²) < 4.78 is 6.41. The number of halogens is 1. The number of carbonyl (C=O) groups excluding carboxylic acids is 1. The summed E-state index contributed by atoms with van der Waals surface area (Å²) in [4.78, 5) is 10.8. The van der Waals surface area contributed by atoms with Gasteiger partial charge in [0, 0.05) is 4.47 Å². The summed E-state index contributed by atoms with van der Waals surface area (Å²) in [7, 11) is 1.62. The van der Waals surface area contributed by atoms with Gasteiger partial charge in [0.2, 0.25) is 5.91 Å². The third-order valence-corrected chi connectivity index (χ3v) is 4.00. The topological polar surface area (TPSA) is 64.3 Å². The summed E-state index contributed by atoms with van der Waals surface area (Å²) in [6, 6.07) is 0. The predicted molar refractivity (Wildman–Crippen MR) is 72.6 cm³/mol. The molecule has 5 heteroatoms. The van der Waals surface area contributed by atoms with Crippen LogP contribution in [0.15, 0.2) is 4.47 Å². The number of methoxy groups -OCH3 is 1. The fraction of sp³-hybridized carbons (Fsp3) is 0.417. The van der Waals surface area contributed by atoms with Crippen molar-refractivity contribution in [1.29, 1.82) is 0 Å². The lowest BCUT2D eigenvalue weighted by Gasteiger charge is -2.19. The van der Waals surface area contributed by atoms with Crippen LogP contribution >= 0.6 is 15.9 Å². The Bertz CT molecular complexity index is 459. The fourth-order valence-corrected chi connectivity index (χ4v) is 2.22. The van der Waals surface area contributed by atoms with Gasteiger partial charge in [0.05, 0.1) is 19.3 Å². The number of anilines is 1. The molecule has 0 spiro atoms. The van der Waals surface area contributed by atoms with Crippen molar-refractivity contribution in [2.75, 3.05) is 19.0 Å². The van der Waals surface area contributed by atoms with Gasteiger partial charge in [0.15, 0.2) is 0 Å². The van der Waals surface area contributed by atoms with E-state index in [-0.39, 0.29) is 6.54 Å². The van der Waals surface area contributed by atoms with E-state index in [9.17, 15) is 4.79 Å². The molecular formula is C12H17BrN2O2. The molecule has 0 aliphatic rings. The van der Waals surface area contributed by atoms with E-state index in [0.29, 0.717) is 0 Å². The Hall–Kier alpha value is -1.23. The summed E-state index contributed by atoms with van der Waals surface area (Å²) in [6.07, 6.45) is 0. The first kappa shape index (κ1) is 13.8. The minimum atomic E-state index is -0.402. The van der Waals surface area contributed by atoms with E-state index in [4.69, 9.17) is 10.5 Å². The lowest BCUT2D eigenvalue weighted by molar-refractivity contribution is -0.116. The summed E-state index contributed by atoms with van der Waals surface area (Å²) >= 11 is 3.54. The molecule has 0 aliphatic heterocycles. The number of ether oxygens (including phenoxy) is 1. The number of nitrogens with one attached hydrogen (secondary N) is 1. The van der Waals surface area contributed by atoms with Crippen LogP contribution < -0.4 is 15.8 Å². The highest BCUT2D eigenvalue weighted by molar-refractivity contribution is 9.10. The Morgan fingerprint density at radius 3 is 2.35 bits per heavy atom. The first-order chi connectivity index (χ1) is 7.90. The highest BCUT2D eigenvalue weighted by Gasteiger charge is 2.16. The lowest BCUT2D eigenvalue weighted by atomic mass is 10.0. The maximum atomic E-state index is 10.8. The molecule has 3 N–H and O–H groups in total. The van der Waals surface area contributed by atoms with E-state index in [1.165, 1.54) is 0 Å². The molecule has 1 aromatic carbocycles. The molecule has 0 unspecified atom stereocenters. The van der Waals surface area contributed by atoms with Crippen molar-refractivity contribution in [2.45, 2.75) is 20.8 Å². The molecule has 0 bridgehead atoms. The Kier molecular flexibility index (Phi) is 4.40. The van der Waals surface area contributed by atoms with Crippen LogP contribution in [0.3, 0.4) is 0 Å². The number of nitrogens with two attached hydrogens (primary N) is 1. The second-order valence-electron chi connectivity index (χ2n) is 3.92. The smallest absolute Gasteiger partial charge is 0.236 e. The van der Waals surface area contributed by atoms with Gasteiger partial charge < -0.3 is 15.8 Å². The van der Waals surface area contributed by atoms with Gasteiger partial charge >= 0.3 is 0 Å². The molecule has 1 rings (SSSR count). The molecule has 1 amide bonds. The molecule has 94 valence electrons. The van der Waals surface area contributed by atoms with Crippen molar-refractivity contribution in [3.63, 3.8) is 0 Å². The maximum Gasteiger partial charge on any atom is 0.236 e. The van der Waals surface area contributed by atoms with E-state index < -0.39 is 5.91 Å². The minimum Gasteiger partial charge on any atom is -0.494 e. The monoisotopic (exact) mass is 300 g/mol. The van der Waals surface area contributed by atoms with Gasteiger partial charge in [-0.25, -0.2) is 0 Å². The normalized spacial score (nSPS) is 10.2.